The number of carbonyl (C=O) groups excluding carboxylic acids is 3. The van der Waals surface area contributed by atoms with Crippen LogP contribution in [0.2, 0.25) is 0 Å². The van der Waals surface area contributed by atoms with Gasteiger partial charge in [0, 0.05) is 27.2 Å². The van der Waals surface area contributed by atoms with E-state index in [-0.39, 0.29) is 0 Å². The predicted molar refractivity (Wildman–Crippen MR) is 250 cm³/mol. The van der Waals surface area contributed by atoms with Gasteiger partial charge in [0.05, 0.1) is 51.3 Å². The monoisotopic (exact) mass is 1190 g/mol. The summed E-state index contributed by atoms with van der Waals surface area (Å²) in [6.07, 6.45) is -54.6. The van der Waals surface area contributed by atoms with Gasteiger partial charge < -0.3 is 160 Å². The Morgan fingerprint density at radius 1 is 0.519 bits per heavy atom. The number of aliphatic hydroxyl groups is 17. The highest BCUT2D eigenvalue weighted by atomic mass is 16.8. The number of hydrogen-bond donors (Lipinski definition) is 21. The number of carboxylic acid groups (broad SMARTS) is 1. The van der Waals surface area contributed by atoms with Gasteiger partial charge in [0.25, 0.3) is 5.79 Å². The van der Waals surface area contributed by atoms with Crippen molar-refractivity contribution in [3.63, 3.8) is 0 Å². The number of ether oxygens (including phenoxy) is 11. The summed E-state index contributed by atoms with van der Waals surface area (Å²) in [6.45, 7) is -1.18. The van der Waals surface area contributed by atoms with Gasteiger partial charge in [-0.3, -0.25) is 14.4 Å². The molecule has 0 aromatic carbocycles. The molecule has 6 saturated heterocycles. The van der Waals surface area contributed by atoms with E-state index >= 15 is 0 Å². The van der Waals surface area contributed by atoms with Crippen LogP contribution in [0.4, 0.5) is 0 Å². The third kappa shape index (κ3) is 14.7. The Bertz CT molecular complexity index is 2070. The molecule has 3 amide bonds. The largest absolute Gasteiger partial charge is 0.477 e. The summed E-state index contributed by atoms with van der Waals surface area (Å²) in [5.74, 6) is -7.60. The zero-order chi connectivity index (χ0) is 60.3. The molecule has 0 unspecified atom stereocenters. The Kier molecular flexibility index (Phi) is 23.4. The second-order valence-corrected chi connectivity index (χ2v) is 20.4. The highest BCUT2D eigenvalue weighted by molar-refractivity contribution is 5.77. The maximum Gasteiger partial charge on any atom is 0.364 e. The molecule has 6 rings (SSSR count). The van der Waals surface area contributed by atoms with E-state index in [2.05, 4.69) is 16.0 Å². The molecular weight excluding hydrogens is 1110 g/mol. The van der Waals surface area contributed by atoms with E-state index < -0.39 is 253 Å². The third-order valence-corrected chi connectivity index (χ3v) is 14.6. The standard InChI is InChI=1S/C45H75N3O33/c1-11-24(58)29(63)31(65)41(72-11)79-37-23(48-14(4)55)40(76-19(9-52)34(37)77-42-32(66)30(64)26(60)17(7-50)74-42)80-38-27(61)18(8-51)75-43(33(38)67)78-35-22(47-13(3)54)39(68)73-20(28(35)62)10-71-45(44(69)70)5-15(56)21(46-12(2)53)36(81-45)25(59)16(57)6-49/h11,15-43,49-52,56-68H,5-10H2,1-4H3,(H,46,53)(H,47,54)(H,48,55)(H,69,70)/t11-,15-,16+,17+,18+,19+,20+,21+,22+,23+,24+,25+,26-,27-,28-,29+,30-,31-,32+,33+,34+,35+,36+,37+,38-,39-,40-,41-,42-,43-,45+/m0/s1. The predicted octanol–water partition coefficient (Wildman–Crippen LogP) is -13.4. The van der Waals surface area contributed by atoms with Gasteiger partial charge in [-0.1, -0.05) is 0 Å². The van der Waals surface area contributed by atoms with Crippen LogP contribution in [-0.2, 0) is 71.3 Å². The van der Waals surface area contributed by atoms with Crippen molar-refractivity contribution < 1.29 is 163 Å². The molecule has 0 saturated carbocycles. The Balaban J connectivity index is 1.31. The Labute approximate surface area is 459 Å². The van der Waals surface area contributed by atoms with Crippen LogP contribution in [0.3, 0.4) is 0 Å². The van der Waals surface area contributed by atoms with Crippen LogP contribution < -0.4 is 16.0 Å². The molecule has 0 aromatic heterocycles. The molecule has 81 heavy (non-hydrogen) atoms. The van der Waals surface area contributed by atoms with Gasteiger partial charge in [-0.25, -0.2) is 4.79 Å². The van der Waals surface area contributed by atoms with Crippen LogP contribution in [0.25, 0.3) is 0 Å². The summed E-state index contributed by atoms with van der Waals surface area (Å²) < 4.78 is 63.9. The molecule has 21 N–H and O–H groups in total. The van der Waals surface area contributed by atoms with Gasteiger partial charge in [0.2, 0.25) is 17.7 Å². The Morgan fingerprint density at radius 3 is 1.54 bits per heavy atom. The molecular formula is C45H75N3O33. The number of hydrogen-bond acceptors (Lipinski definition) is 32. The fourth-order valence-electron chi connectivity index (χ4n) is 10.2. The van der Waals surface area contributed by atoms with Crippen molar-refractivity contribution in [3.8, 4) is 0 Å². The van der Waals surface area contributed by atoms with Crippen molar-refractivity contribution in [2.24, 2.45) is 0 Å². The van der Waals surface area contributed by atoms with Crippen LogP contribution in [0, 0.1) is 0 Å². The summed E-state index contributed by atoms with van der Waals surface area (Å²) in [5, 5.41) is 201. The minimum atomic E-state index is -3.02. The van der Waals surface area contributed by atoms with E-state index in [9.17, 15) is 111 Å². The van der Waals surface area contributed by atoms with Crippen LogP contribution in [0.1, 0.15) is 34.1 Å². The molecule has 36 heteroatoms. The number of aliphatic carboxylic acids is 1. The van der Waals surface area contributed by atoms with Crippen LogP contribution in [0.15, 0.2) is 0 Å². The van der Waals surface area contributed by atoms with Gasteiger partial charge in [0.1, 0.15) is 134 Å². The van der Waals surface area contributed by atoms with Crippen molar-refractivity contribution in [2.45, 2.75) is 224 Å². The molecule has 468 valence electrons. The topological polar surface area (TPSA) is 570 Å². The quantitative estimate of drug-likeness (QED) is 0.0507. The highest BCUT2D eigenvalue weighted by Crippen LogP contribution is 2.39. The summed E-state index contributed by atoms with van der Waals surface area (Å²) in [6, 6.07) is -5.32. The van der Waals surface area contributed by atoms with Crippen LogP contribution in [-0.4, -0.2) is 338 Å². The Morgan fingerprint density at radius 2 is 0.988 bits per heavy atom. The number of aliphatic hydroxyl groups excluding tert-OH is 17. The molecule has 6 aliphatic rings. The third-order valence-electron chi connectivity index (χ3n) is 14.6. The van der Waals surface area contributed by atoms with Gasteiger partial charge in [-0.15, -0.1) is 0 Å². The summed E-state index contributed by atoms with van der Waals surface area (Å²) in [4.78, 5) is 50.5. The first-order valence-electron chi connectivity index (χ1n) is 25.6. The summed E-state index contributed by atoms with van der Waals surface area (Å²) in [7, 11) is 0. The van der Waals surface area contributed by atoms with E-state index in [0.29, 0.717) is 0 Å². The number of amides is 3. The van der Waals surface area contributed by atoms with Gasteiger partial charge >= 0.3 is 5.97 Å². The van der Waals surface area contributed by atoms with E-state index in [4.69, 9.17) is 52.1 Å². The fourth-order valence-corrected chi connectivity index (χ4v) is 10.2. The SMILES string of the molecule is CC(=O)N[C@@H]1[C@@H](O[C@@H]2O[C@H](CO)[C@H](O)[C@H](O[C@@H]3O[C@H](CO)[C@@H](O[C@@H]4O[C@H](CO)[C@H](O)[C@H](O)[C@H]4O)[C@H](O[C@@H]4O[C@@H](C)[C@@H](O)[C@@H](O)[C@@H]4O)[C@H]3NC(C)=O)[C@H]2O)[C@@H](O)[C@@H](CO[C@]2(C(=O)O)C[C@H](O)[C@@H](NC(C)=O)[C@H]([C@H](O)[C@H](O)CO)O2)O[C@@H]1O. The molecule has 0 aromatic rings. The molecule has 0 bridgehead atoms. The molecule has 0 aliphatic carbocycles. The summed E-state index contributed by atoms with van der Waals surface area (Å²) in [5.41, 5.74) is 0. The van der Waals surface area contributed by atoms with Gasteiger partial charge in [-0.2, -0.15) is 0 Å². The minimum Gasteiger partial charge on any atom is -0.477 e. The zero-order valence-corrected chi connectivity index (χ0v) is 43.7. The van der Waals surface area contributed by atoms with Crippen molar-refractivity contribution in [1.82, 2.24) is 16.0 Å². The van der Waals surface area contributed by atoms with E-state index in [1.54, 1.807) is 0 Å². The lowest BCUT2D eigenvalue weighted by atomic mass is 9.88. The smallest absolute Gasteiger partial charge is 0.364 e. The summed E-state index contributed by atoms with van der Waals surface area (Å²) >= 11 is 0. The van der Waals surface area contributed by atoms with Crippen molar-refractivity contribution >= 4 is 23.7 Å². The van der Waals surface area contributed by atoms with E-state index in [0.717, 1.165) is 20.8 Å². The first kappa shape index (κ1) is 66.9. The minimum absolute atomic E-state index is 0.799. The number of rotatable bonds is 21. The molecule has 31 atom stereocenters. The average Bonchev–Trinajstić information content (AvgIpc) is 3.60. The van der Waals surface area contributed by atoms with Crippen LogP contribution >= 0.6 is 0 Å². The first-order valence-corrected chi connectivity index (χ1v) is 25.6. The lowest BCUT2D eigenvalue weighted by molar-refractivity contribution is -0.389. The zero-order valence-electron chi connectivity index (χ0n) is 43.7. The van der Waals surface area contributed by atoms with Crippen molar-refractivity contribution in [2.75, 3.05) is 33.0 Å². The number of carboxylic acids is 1. The molecule has 0 radical (unpaired) electrons. The maximum absolute atomic E-state index is 13.0. The molecule has 36 nitrogen and oxygen atoms in total. The lowest BCUT2D eigenvalue weighted by Gasteiger charge is -2.52. The molecule has 6 fully saturated rings. The number of nitrogens with one attached hydrogen (secondary N) is 3. The second kappa shape index (κ2) is 28.3. The second-order valence-electron chi connectivity index (χ2n) is 20.4. The fraction of sp³-hybridized carbons (Fsp3) is 0.911. The highest BCUT2D eigenvalue weighted by Gasteiger charge is 2.60. The van der Waals surface area contributed by atoms with Crippen molar-refractivity contribution in [3.05, 3.63) is 0 Å². The molecule has 6 aliphatic heterocycles. The van der Waals surface area contributed by atoms with E-state index in [1.807, 2.05) is 0 Å². The Hall–Kier alpha value is -3.24. The van der Waals surface area contributed by atoms with Crippen LogP contribution in [0.5, 0.6) is 0 Å². The van der Waals surface area contributed by atoms with Gasteiger partial charge in [0.15, 0.2) is 31.5 Å². The lowest BCUT2D eigenvalue weighted by Crippen LogP contribution is -2.71. The molecule has 6 heterocycles. The average molecular weight is 1190 g/mol. The van der Waals surface area contributed by atoms with Crippen molar-refractivity contribution in [1.29, 1.82) is 0 Å². The normalized spacial score (nSPS) is 46.7. The van der Waals surface area contributed by atoms with E-state index in [1.165, 1.54) is 6.92 Å². The number of carbonyl (C=O) groups is 4. The molecule has 0 spiro atoms. The first-order chi connectivity index (χ1) is 38.0. The maximum atomic E-state index is 13.0. The van der Waals surface area contributed by atoms with Gasteiger partial charge in [-0.05, 0) is 6.92 Å².